The fourth-order valence-corrected chi connectivity index (χ4v) is 1.38. The van der Waals surface area contributed by atoms with Crippen molar-refractivity contribution in [3.63, 3.8) is 0 Å². The van der Waals surface area contributed by atoms with Gasteiger partial charge in [0.1, 0.15) is 0 Å². The van der Waals surface area contributed by atoms with Gasteiger partial charge in [0.05, 0.1) is 6.10 Å². The molecule has 0 aliphatic rings. The molecule has 2 nitrogen and oxygen atoms in total. The molecule has 14 heavy (non-hydrogen) atoms. The van der Waals surface area contributed by atoms with Crippen molar-refractivity contribution in [2.45, 2.75) is 38.8 Å². The molecule has 0 heterocycles. The number of hydrogen-bond acceptors (Lipinski definition) is 2. The van der Waals surface area contributed by atoms with E-state index in [4.69, 9.17) is 5.73 Å². The van der Waals surface area contributed by atoms with Crippen LogP contribution in [0.4, 0.5) is 0 Å². The maximum absolute atomic E-state index is 9.70. The van der Waals surface area contributed by atoms with Crippen LogP contribution in [0.5, 0.6) is 0 Å². The number of aliphatic hydroxyl groups is 1. The molecule has 0 bridgehead atoms. The predicted molar refractivity (Wildman–Crippen MR) is 59.1 cm³/mol. The van der Waals surface area contributed by atoms with Gasteiger partial charge in [-0.2, -0.15) is 0 Å². The second-order valence-electron chi connectivity index (χ2n) is 4.13. The zero-order valence-electron chi connectivity index (χ0n) is 9.07. The lowest BCUT2D eigenvalue weighted by Crippen LogP contribution is -2.24. The van der Waals surface area contributed by atoms with E-state index in [1.807, 2.05) is 24.3 Å². The van der Waals surface area contributed by atoms with Crippen molar-refractivity contribution in [3.8, 4) is 0 Å². The van der Waals surface area contributed by atoms with Crippen molar-refractivity contribution < 1.29 is 5.11 Å². The molecule has 0 aliphatic carbocycles. The van der Waals surface area contributed by atoms with Crippen LogP contribution in [0, 0.1) is 0 Å². The van der Waals surface area contributed by atoms with E-state index in [1.165, 1.54) is 5.56 Å². The minimum Gasteiger partial charge on any atom is -0.387 e. The van der Waals surface area contributed by atoms with Crippen LogP contribution in [0.3, 0.4) is 0 Å². The Kier molecular flexibility index (Phi) is 3.67. The van der Waals surface area contributed by atoms with Gasteiger partial charge in [0.25, 0.3) is 0 Å². The van der Waals surface area contributed by atoms with Crippen molar-refractivity contribution >= 4 is 0 Å². The third-order valence-electron chi connectivity index (χ3n) is 2.44. The van der Waals surface area contributed by atoms with E-state index < -0.39 is 6.10 Å². The number of aliphatic hydroxyl groups excluding tert-OH is 1. The number of nitrogens with two attached hydrogens (primary N) is 1. The van der Waals surface area contributed by atoms with E-state index in [0.29, 0.717) is 5.92 Å². The molecule has 0 saturated heterocycles. The summed E-state index contributed by atoms with van der Waals surface area (Å²) in [6.07, 6.45) is -0.559. The van der Waals surface area contributed by atoms with Gasteiger partial charge in [-0.05, 0) is 24.0 Å². The molecule has 2 heteroatoms. The molecular weight excluding hydrogens is 174 g/mol. The van der Waals surface area contributed by atoms with Gasteiger partial charge < -0.3 is 10.8 Å². The van der Waals surface area contributed by atoms with E-state index in [2.05, 4.69) is 13.8 Å². The molecule has 0 saturated carbocycles. The summed E-state index contributed by atoms with van der Waals surface area (Å²) in [5, 5.41) is 9.70. The zero-order valence-corrected chi connectivity index (χ0v) is 9.07. The van der Waals surface area contributed by atoms with E-state index in [9.17, 15) is 5.11 Å². The molecule has 0 aliphatic heterocycles. The van der Waals surface area contributed by atoms with Crippen molar-refractivity contribution in [1.29, 1.82) is 0 Å². The van der Waals surface area contributed by atoms with E-state index >= 15 is 0 Å². The molecule has 2 unspecified atom stereocenters. The highest BCUT2D eigenvalue weighted by Crippen LogP contribution is 2.19. The van der Waals surface area contributed by atoms with Crippen LogP contribution in [-0.2, 0) is 0 Å². The standard InChI is InChI=1S/C12H19NO/c1-8(2)10-4-6-11(7-5-10)12(14)9(3)13/h4-9,12,14H,13H2,1-3H3. The smallest absolute Gasteiger partial charge is 0.0938 e. The summed E-state index contributed by atoms with van der Waals surface area (Å²) in [6.45, 7) is 6.11. The topological polar surface area (TPSA) is 46.2 Å². The third kappa shape index (κ3) is 2.56. The first-order valence-corrected chi connectivity index (χ1v) is 5.06. The largest absolute Gasteiger partial charge is 0.387 e. The maximum Gasteiger partial charge on any atom is 0.0938 e. The molecule has 0 aromatic heterocycles. The summed E-state index contributed by atoms with van der Waals surface area (Å²) in [7, 11) is 0. The lowest BCUT2D eigenvalue weighted by atomic mass is 9.98. The first-order chi connectivity index (χ1) is 6.52. The lowest BCUT2D eigenvalue weighted by molar-refractivity contribution is 0.153. The summed E-state index contributed by atoms with van der Waals surface area (Å²) in [5.41, 5.74) is 7.79. The Labute approximate surface area is 85.8 Å². The molecule has 78 valence electrons. The van der Waals surface area contributed by atoms with E-state index in [-0.39, 0.29) is 6.04 Å². The molecule has 1 rings (SSSR count). The van der Waals surface area contributed by atoms with Crippen molar-refractivity contribution in [3.05, 3.63) is 35.4 Å². The Hall–Kier alpha value is -0.860. The van der Waals surface area contributed by atoms with Gasteiger partial charge in [-0.3, -0.25) is 0 Å². The average molecular weight is 193 g/mol. The average Bonchev–Trinajstić information content (AvgIpc) is 2.16. The highest BCUT2D eigenvalue weighted by Gasteiger charge is 2.11. The molecule has 2 atom stereocenters. The molecule has 1 aromatic rings. The Morgan fingerprint density at radius 2 is 1.43 bits per heavy atom. The van der Waals surface area contributed by atoms with Gasteiger partial charge >= 0.3 is 0 Å². The lowest BCUT2D eigenvalue weighted by Gasteiger charge is -2.15. The fourth-order valence-electron chi connectivity index (χ4n) is 1.38. The number of rotatable bonds is 3. The van der Waals surface area contributed by atoms with Crippen LogP contribution >= 0.6 is 0 Å². The third-order valence-corrected chi connectivity index (χ3v) is 2.44. The summed E-state index contributed by atoms with van der Waals surface area (Å²) in [6, 6.07) is 7.77. The van der Waals surface area contributed by atoms with Gasteiger partial charge in [0.15, 0.2) is 0 Å². The summed E-state index contributed by atoms with van der Waals surface area (Å²) in [5.74, 6) is 0.525. The van der Waals surface area contributed by atoms with Crippen LogP contribution < -0.4 is 5.73 Å². The highest BCUT2D eigenvalue weighted by molar-refractivity contribution is 5.26. The van der Waals surface area contributed by atoms with Crippen molar-refractivity contribution in [2.24, 2.45) is 5.73 Å². The van der Waals surface area contributed by atoms with Gasteiger partial charge in [-0.15, -0.1) is 0 Å². The van der Waals surface area contributed by atoms with Crippen LogP contribution in [0.25, 0.3) is 0 Å². The molecule has 0 amide bonds. The quantitative estimate of drug-likeness (QED) is 0.773. The minimum absolute atomic E-state index is 0.222. The van der Waals surface area contributed by atoms with Gasteiger partial charge in [0.2, 0.25) is 0 Å². The van der Waals surface area contributed by atoms with Gasteiger partial charge in [0, 0.05) is 6.04 Å². The molecule has 0 spiro atoms. The zero-order chi connectivity index (χ0) is 10.7. The predicted octanol–water partition coefficient (Wildman–Crippen LogP) is 2.19. The Morgan fingerprint density at radius 1 is 1.00 bits per heavy atom. The maximum atomic E-state index is 9.70. The first kappa shape index (κ1) is 11.2. The second kappa shape index (κ2) is 4.58. The van der Waals surface area contributed by atoms with Crippen LogP contribution in [0.2, 0.25) is 0 Å². The van der Waals surface area contributed by atoms with E-state index in [0.717, 1.165) is 5.56 Å². The number of benzene rings is 1. The first-order valence-electron chi connectivity index (χ1n) is 5.06. The van der Waals surface area contributed by atoms with E-state index in [1.54, 1.807) is 6.92 Å². The van der Waals surface area contributed by atoms with Crippen LogP contribution in [-0.4, -0.2) is 11.1 Å². The van der Waals surface area contributed by atoms with Gasteiger partial charge in [-0.1, -0.05) is 38.1 Å². The Balaban J connectivity index is 2.83. The summed E-state index contributed by atoms with van der Waals surface area (Å²) in [4.78, 5) is 0. The fraction of sp³-hybridized carbons (Fsp3) is 0.500. The molecule has 1 aromatic carbocycles. The SMILES string of the molecule is CC(C)c1ccc(C(O)C(C)N)cc1. The minimum atomic E-state index is -0.559. The monoisotopic (exact) mass is 193 g/mol. The van der Waals surface area contributed by atoms with Crippen molar-refractivity contribution in [1.82, 2.24) is 0 Å². The van der Waals surface area contributed by atoms with Crippen LogP contribution in [0.1, 0.15) is 43.9 Å². The molecule has 0 radical (unpaired) electrons. The Bertz CT molecular complexity index is 277. The van der Waals surface area contributed by atoms with Crippen LogP contribution in [0.15, 0.2) is 24.3 Å². The molecular formula is C12H19NO. The second-order valence-corrected chi connectivity index (χ2v) is 4.13. The highest BCUT2D eigenvalue weighted by atomic mass is 16.3. The summed E-state index contributed by atoms with van der Waals surface area (Å²) >= 11 is 0. The normalized spacial score (nSPS) is 15.6. The Morgan fingerprint density at radius 3 is 1.79 bits per heavy atom. The number of hydrogen-bond donors (Lipinski definition) is 2. The molecule has 3 N–H and O–H groups in total. The summed E-state index contributed by atoms with van der Waals surface area (Å²) < 4.78 is 0. The molecule has 0 fully saturated rings. The van der Waals surface area contributed by atoms with Gasteiger partial charge in [-0.25, -0.2) is 0 Å². The van der Waals surface area contributed by atoms with Crippen molar-refractivity contribution in [2.75, 3.05) is 0 Å².